The van der Waals surface area contributed by atoms with Crippen LogP contribution in [0.3, 0.4) is 0 Å². The number of hydrogen-bond acceptors (Lipinski definition) is 6. The first-order chi connectivity index (χ1) is 13.5. The third-order valence-corrected chi connectivity index (χ3v) is 5.67. The molecule has 0 spiro atoms. The molecule has 1 atom stereocenters. The van der Waals surface area contributed by atoms with Gasteiger partial charge in [0, 0.05) is 24.2 Å². The second kappa shape index (κ2) is 7.10. The standard InChI is InChI=1S/C18H17Cl2N5O3/c1-8-11-10(23-14-12(11)17(28-3)24-15(20)13(14)19)4-5-25(8)18(26)16-21-6-9(27-2)7-22-16/h6-8,23H,4-5H2,1-3H3/t8-/m0/s1. The number of hydrogen-bond donors (Lipinski definition) is 1. The van der Waals surface area contributed by atoms with Crippen LogP contribution in [0.1, 0.15) is 34.8 Å². The van der Waals surface area contributed by atoms with Gasteiger partial charge in [-0.25, -0.2) is 9.97 Å². The third-order valence-electron chi connectivity index (χ3n) is 4.93. The lowest BCUT2D eigenvalue weighted by atomic mass is 9.97. The largest absolute Gasteiger partial charge is 0.494 e. The summed E-state index contributed by atoms with van der Waals surface area (Å²) in [4.78, 5) is 30.5. The summed E-state index contributed by atoms with van der Waals surface area (Å²) in [5, 5.41) is 1.22. The molecule has 3 aromatic rings. The predicted molar refractivity (Wildman–Crippen MR) is 104 cm³/mol. The molecule has 0 aliphatic carbocycles. The van der Waals surface area contributed by atoms with E-state index in [9.17, 15) is 4.79 Å². The normalized spacial score (nSPS) is 16.2. The first kappa shape index (κ1) is 18.8. The van der Waals surface area contributed by atoms with E-state index in [0.717, 1.165) is 16.6 Å². The topological polar surface area (TPSA) is 93.2 Å². The molecule has 1 N–H and O–H groups in total. The van der Waals surface area contributed by atoms with Crippen LogP contribution in [0.25, 0.3) is 10.9 Å². The number of fused-ring (bicyclic) bond motifs is 3. The lowest BCUT2D eigenvalue weighted by Gasteiger charge is -2.33. The Morgan fingerprint density at radius 1 is 1.25 bits per heavy atom. The Labute approximate surface area is 170 Å². The van der Waals surface area contributed by atoms with Gasteiger partial charge in [0.1, 0.15) is 5.02 Å². The average molecular weight is 422 g/mol. The SMILES string of the molecule is COc1cnc(C(=O)N2CCc3[nH]c4c(Cl)c(Cl)nc(OC)c4c3[C@@H]2C)nc1. The van der Waals surface area contributed by atoms with Gasteiger partial charge in [0.05, 0.1) is 43.6 Å². The Kier molecular flexibility index (Phi) is 4.76. The fourth-order valence-corrected chi connectivity index (χ4v) is 3.93. The molecule has 4 rings (SSSR count). The molecule has 0 fully saturated rings. The minimum atomic E-state index is -0.262. The average Bonchev–Trinajstić information content (AvgIpc) is 3.11. The maximum atomic E-state index is 13.0. The van der Waals surface area contributed by atoms with Gasteiger partial charge in [-0.2, -0.15) is 4.98 Å². The van der Waals surface area contributed by atoms with Gasteiger partial charge in [-0.05, 0) is 6.92 Å². The van der Waals surface area contributed by atoms with E-state index in [1.165, 1.54) is 26.6 Å². The molecule has 10 heteroatoms. The van der Waals surface area contributed by atoms with Crippen molar-refractivity contribution in [3.8, 4) is 11.6 Å². The van der Waals surface area contributed by atoms with Crippen molar-refractivity contribution in [2.75, 3.05) is 20.8 Å². The number of rotatable bonds is 3. The van der Waals surface area contributed by atoms with Gasteiger partial charge in [-0.15, -0.1) is 0 Å². The number of carbonyl (C=O) groups excluding carboxylic acids is 1. The highest BCUT2D eigenvalue weighted by Crippen LogP contribution is 2.43. The summed E-state index contributed by atoms with van der Waals surface area (Å²) in [5.41, 5.74) is 2.54. The van der Waals surface area contributed by atoms with Crippen molar-refractivity contribution in [2.24, 2.45) is 0 Å². The van der Waals surface area contributed by atoms with Crippen molar-refractivity contribution >= 4 is 40.0 Å². The molecule has 0 saturated carbocycles. The number of H-pyrrole nitrogens is 1. The summed E-state index contributed by atoms with van der Waals surface area (Å²) in [6.07, 6.45) is 3.56. The van der Waals surface area contributed by atoms with Gasteiger partial charge >= 0.3 is 0 Å². The number of nitrogens with one attached hydrogen (secondary N) is 1. The zero-order valence-corrected chi connectivity index (χ0v) is 16.9. The van der Waals surface area contributed by atoms with Crippen molar-refractivity contribution in [3.05, 3.63) is 39.7 Å². The minimum Gasteiger partial charge on any atom is -0.494 e. The van der Waals surface area contributed by atoms with Crippen LogP contribution in [0.4, 0.5) is 0 Å². The summed E-state index contributed by atoms with van der Waals surface area (Å²) in [5.74, 6) is 0.706. The molecule has 0 saturated heterocycles. The number of carbonyl (C=O) groups is 1. The number of pyridine rings is 1. The summed E-state index contributed by atoms with van der Waals surface area (Å²) < 4.78 is 10.5. The summed E-state index contributed by atoms with van der Waals surface area (Å²) in [6, 6.07) is -0.261. The minimum absolute atomic E-state index is 0.113. The number of aromatic amines is 1. The Hall–Kier alpha value is -2.58. The number of amides is 1. The second-order valence-corrected chi connectivity index (χ2v) is 7.10. The van der Waals surface area contributed by atoms with Crippen LogP contribution < -0.4 is 9.47 Å². The van der Waals surface area contributed by atoms with E-state index in [2.05, 4.69) is 19.9 Å². The summed E-state index contributed by atoms with van der Waals surface area (Å²) in [6.45, 7) is 2.45. The molecule has 1 aliphatic rings. The van der Waals surface area contributed by atoms with E-state index in [1.807, 2.05) is 6.92 Å². The van der Waals surface area contributed by atoms with Gasteiger partial charge in [0.2, 0.25) is 11.7 Å². The molecule has 3 aromatic heterocycles. The highest BCUT2D eigenvalue weighted by molar-refractivity contribution is 6.44. The molecule has 1 amide bonds. The Bertz CT molecular complexity index is 1070. The Balaban J connectivity index is 1.78. The Morgan fingerprint density at radius 3 is 2.61 bits per heavy atom. The van der Waals surface area contributed by atoms with Gasteiger partial charge in [0.25, 0.3) is 5.91 Å². The molecule has 1 aliphatic heterocycles. The number of nitrogens with zero attached hydrogens (tertiary/aromatic N) is 4. The van der Waals surface area contributed by atoms with Crippen molar-refractivity contribution in [1.29, 1.82) is 0 Å². The van der Waals surface area contributed by atoms with E-state index < -0.39 is 0 Å². The van der Waals surface area contributed by atoms with Gasteiger partial charge in [-0.1, -0.05) is 23.2 Å². The fourth-order valence-electron chi connectivity index (χ4n) is 3.58. The summed E-state index contributed by atoms with van der Waals surface area (Å²) in [7, 11) is 3.04. The number of aromatic nitrogens is 4. The van der Waals surface area contributed by atoms with Gasteiger partial charge in [-0.3, -0.25) is 4.79 Å². The van der Waals surface area contributed by atoms with Crippen LogP contribution in [0.5, 0.6) is 11.6 Å². The van der Waals surface area contributed by atoms with Crippen LogP contribution >= 0.6 is 23.2 Å². The van der Waals surface area contributed by atoms with E-state index in [0.29, 0.717) is 35.1 Å². The molecule has 8 nitrogen and oxygen atoms in total. The molecular formula is C18H17Cl2N5O3. The van der Waals surface area contributed by atoms with E-state index in [4.69, 9.17) is 32.7 Å². The fraction of sp³-hybridized carbons (Fsp3) is 0.333. The molecule has 0 bridgehead atoms. The van der Waals surface area contributed by atoms with E-state index in [1.54, 1.807) is 4.90 Å². The van der Waals surface area contributed by atoms with Crippen LogP contribution in [0.2, 0.25) is 10.2 Å². The summed E-state index contributed by atoms with van der Waals surface area (Å²) >= 11 is 12.5. The van der Waals surface area contributed by atoms with Gasteiger partial charge < -0.3 is 19.4 Å². The molecule has 0 unspecified atom stereocenters. The van der Waals surface area contributed by atoms with Crippen LogP contribution in [0.15, 0.2) is 12.4 Å². The lowest BCUT2D eigenvalue weighted by Crippen LogP contribution is -2.39. The predicted octanol–water partition coefficient (Wildman–Crippen LogP) is 3.44. The highest BCUT2D eigenvalue weighted by atomic mass is 35.5. The zero-order chi connectivity index (χ0) is 20.0. The maximum Gasteiger partial charge on any atom is 0.292 e. The number of methoxy groups -OCH3 is 2. The molecule has 4 heterocycles. The first-order valence-corrected chi connectivity index (χ1v) is 9.32. The van der Waals surface area contributed by atoms with E-state index >= 15 is 0 Å². The maximum absolute atomic E-state index is 13.0. The first-order valence-electron chi connectivity index (χ1n) is 8.56. The highest BCUT2D eigenvalue weighted by Gasteiger charge is 2.34. The van der Waals surface area contributed by atoms with E-state index in [-0.39, 0.29) is 22.9 Å². The van der Waals surface area contributed by atoms with Crippen molar-refractivity contribution in [2.45, 2.75) is 19.4 Å². The molecular weight excluding hydrogens is 405 g/mol. The van der Waals surface area contributed by atoms with Gasteiger partial charge in [0.15, 0.2) is 10.9 Å². The zero-order valence-electron chi connectivity index (χ0n) is 15.4. The Morgan fingerprint density at radius 2 is 1.96 bits per heavy atom. The van der Waals surface area contributed by atoms with Crippen LogP contribution in [0, 0.1) is 0 Å². The number of halogens is 2. The third kappa shape index (κ3) is 2.84. The van der Waals surface area contributed by atoms with Crippen LogP contribution in [-0.4, -0.2) is 51.5 Å². The van der Waals surface area contributed by atoms with Crippen molar-refractivity contribution in [3.63, 3.8) is 0 Å². The number of ether oxygens (including phenoxy) is 2. The van der Waals surface area contributed by atoms with Crippen LogP contribution in [-0.2, 0) is 6.42 Å². The second-order valence-electron chi connectivity index (χ2n) is 6.36. The van der Waals surface area contributed by atoms with Crippen molar-refractivity contribution < 1.29 is 14.3 Å². The quantitative estimate of drug-likeness (QED) is 0.650. The monoisotopic (exact) mass is 421 g/mol. The lowest BCUT2D eigenvalue weighted by molar-refractivity contribution is 0.0665. The molecule has 146 valence electrons. The van der Waals surface area contributed by atoms with Crippen molar-refractivity contribution in [1.82, 2.24) is 24.8 Å². The molecule has 0 radical (unpaired) electrons. The molecule has 28 heavy (non-hydrogen) atoms. The smallest absolute Gasteiger partial charge is 0.292 e. The molecule has 0 aromatic carbocycles.